The lowest BCUT2D eigenvalue weighted by atomic mass is 10.3. The van der Waals surface area contributed by atoms with Gasteiger partial charge < -0.3 is 9.84 Å². The fraction of sp³-hybridized carbons (Fsp3) is 0.0833. The first-order valence-electron chi connectivity index (χ1n) is 4.88. The van der Waals surface area contributed by atoms with Crippen LogP contribution in [0.4, 0.5) is 8.78 Å². The highest BCUT2D eigenvalue weighted by Crippen LogP contribution is 2.22. The van der Waals surface area contributed by atoms with Gasteiger partial charge in [0.15, 0.2) is 5.82 Å². The van der Waals surface area contributed by atoms with Gasteiger partial charge in [0.05, 0.1) is 6.61 Å². The molecule has 1 aromatic carbocycles. The van der Waals surface area contributed by atoms with Crippen LogP contribution >= 0.6 is 0 Å². The molecule has 0 unspecified atom stereocenters. The molecule has 17 heavy (non-hydrogen) atoms. The zero-order valence-corrected chi connectivity index (χ0v) is 8.73. The van der Waals surface area contributed by atoms with Crippen molar-refractivity contribution in [2.24, 2.45) is 0 Å². The summed E-state index contributed by atoms with van der Waals surface area (Å²) in [6, 6.07) is 6.28. The van der Waals surface area contributed by atoms with Gasteiger partial charge in [-0.3, -0.25) is 0 Å². The molecule has 2 aromatic rings. The molecule has 0 saturated heterocycles. The third kappa shape index (κ3) is 2.76. The van der Waals surface area contributed by atoms with Gasteiger partial charge in [-0.25, -0.2) is 13.8 Å². The van der Waals surface area contributed by atoms with E-state index in [0.29, 0.717) is 5.56 Å². The Morgan fingerprint density at radius 2 is 1.88 bits per heavy atom. The minimum Gasteiger partial charge on any atom is -0.436 e. The Kier molecular flexibility index (Phi) is 3.30. The van der Waals surface area contributed by atoms with Crippen LogP contribution in [-0.4, -0.2) is 10.1 Å². The second kappa shape index (κ2) is 4.88. The molecule has 0 spiro atoms. The molecular formula is C12H9F2NO2. The van der Waals surface area contributed by atoms with Crippen molar-refractivity contribution in [3.05, 3.63) is 53.7 Å². The molecule has 0 atom stereocenters. The Morgan fingerprint density at radius 3 is 2.47 bits per heavy atom. The van der Waals surface area contributed by atoms with Gasteiger partial charge in [0.2, 0.25) is 0 Å². The minimum absolute atomic E-state index is 0.214. The lowest BCUT2D eigenvalue weighted by Gasteiger charge is -2.06. The van der Waals surface area contributed by atoms with Crippen molar-refractivity contribution in [3.8, 4) is 11.6 Å². The largest absolute Gasteiger partial charge is 0.436 e. The van der Waals surface area contributed by atoms with Gasteiger partial charge in [0.1, 0.15) is 11.6 Å². The van der Waals surface area contributed by atoms with Crippen LogP contribution in [0.1, 0.15) is 5.56 Å². The van der Waals surface area contributed by atoms with Crippen LogP contribution in [-0.2, 0) is 6.61 Å². The zero-order valence-electron chi connectivity index (χ0n) is 8.73. The maximum absolute atomic E-state index is 13.4. The van der Waals surface area contributed by atoms with Crippen molar-refractivity contribution >= 4 is 0 Å². The predicted octanol–water partition coefficient (Wildman–Crippen LogP) is 2.64. The van der Waals surface area contributed by atoms with Crippen molar-refractivity contribution < 1.29 is 18.6 Å². The van der Waals surface area contributed by atoms with Crippen LogP contribution in [0, 0.1) is 11.6 Å². The van der Waals surface area contributed by atoms with E-state index >= 15 is 0 Å². The van der Waals surface area contributed by atoms with Gasteiger partial charge in [0.25, 0.3) is 5.88 Å². The summed E-state index contributed by atoms with van der Waals surface area (Å²) in [6.45, 7) is -0.291. The number of benzene rings is 1. The van der Waals surface area contributed by atoms with Crippen molar-refractivity contribution in [2.45, 2.75) is 6.61 Å². The molecule has 2 rings (SSSR count). The van der Waals surface area contributed by atoms with Gasteiger partial charge in [0, 0.05) is 6.20 Å². The third-order valence-electron chi connectivity index (χ3n) is 2.07. The summed E-state index contributed by atoms with van der Waals surface area (Å²) < 4.78 is 31.2. The second-order valence-electron chi connectivity index (χ2n) is 3.34. The molecule has 1 N–H and O–H groups in total. The molecular weight excluding hydrogens is 228 g/mol. The number of pyridine rings is 1. The lowest BCUT2D eigenvalue weighted by Crippen LogP contribution is -1.94. The molecule has 5 heteroatoms. The predicted molar refractivity (Wildman–Crippen MR) is 56.6 cm³/mol. The summed E-state index contributed by atoms with van der Waals surface area (Å²) in [5, 5.41) is 8.78. The number of nitrogens with zero attached hydrogens (tertiary/aromatic N) is 1. The Balaban J connectivity index is 2.21. The smallest absolute Gasteiger partial charge is 0.255 e. The van der Waals surface area contributed by atoms with Crippen molar-refractivity contribution in [1.82, 2.24) is 4.98 Å². The van der Waals surface area contributed by atoms with Crippen LogP contribution in [0.5, 0.6) is 11.6 Å². The first kappa shape index (κ1) is 11.5. The SMILES string of the molecule is OCc1cnc(Oc2ccc(F)cc2)c(F)c1. The van der Waals surface area contributed by atoms with Gasteiger partial charge >= 0.3 is 0 Å². The molecule has 0 amide bonds. The van der Waals surface area contributed by atoms with Gasteiger partial charge in [-0.1, -0.05) is 0 Å². The molecule has 1 aromatic heterocycles. The second-order valence-corrected chi connectivity index (χ2v) is 3.34. The monoisotopic (exact) mass is 237 g/mol. The zero-order chi connectivity index (χ0) is 12.3. The Labute approximate surface area is 96.3 Å². The summed E-state index contributed by atoms with van der Waals surface area (Å²) in [6.07, 6.45) is 1.31. The number of aliphatic hydroxyl groups is 1. The first-order chi connectivity index (χ1) is 8.19. The highest BCUT2D eigenvalue weighted by molar-refractivity contribution is 5.28. The fourth-order valence-corrected chi connectivity index (χ4v) is 1.24. The van der Waals surface area contributed by atoms with E-state index in [0.717, 1.165) is 6.07 Å². The Morgan fingerprint density at radius 1 is 1.18 bits per heavy atom. The number of rotatable bonds is 3. The molecule has 0 aliphatic heterocycles. The van der Waals surface area contributed by atoms with Crippen molar-refractivity contribution in [1.29, 1.82) is 0 Å². The molecule has 0 fully saturated rings. The van der Waals surface area contributed by atoms with Crippen LogP contribution < -0.4 is 4.74 Å². The number of aromatic nitrogens is 1. The van der Waals surface area contributed by atoms with Crippen LogP contribution in [0.15, 0.2) is 36.5 Å². The van der Waals surface area contributed by atoms with Gasteiger partial charge in [-0.05, 0) is 35.9 Å². The lowest BCUT2D eigenvalue weighted by molar-refractivity contribution is 0.280. The molecule has 1 heterocycles. The number of ether oxygens (including phenoxy) is 1. The number of hydrogen-bond donors (Lipinski definition) is 1. The summed E-state index contributed by atoms with van der Waals surface area (Å²) in [5.74, 6) is -1.01. The molecule has 0 radical (unpaired) electrons. The fourth-order valence-electron chi connectivity index (χ4n) is 1.24. The minimum atomic E-state index is -0.680. The summed E-state index contributed by atoms with van der Waals surface area (Å²) in [4.78, 5) is 3.72. The van der Waals surface area contributed by atoms with E-state index in [1.165, 1.54) is 30.5 Å². The van der Waals surface area contributed by atoms with Crippen LogP contribution in [0.3, 0.4) is 0 Å². The van der Waals surface area contributed by atoms with Crippen LogP contribution in [0.2, 0.25) is 0 Å². The number of halogens is 2. The topological polar surface area (TPSA) is 42.4 Å². The van der Waals surface area contributed by atoms with E-state index < -0.39 is 11.6 Å². The molecule has 3 nitrogen and oxygen atoms in total. The highest BCUT2D eigenvalue weighted by Gasteiger charge is 2.07. The standard InChI is InChI=1S/C12H9F2NO2/c13-9-1-3-10(4-2-9)17-12-11(14)5-8(7-16)6-15-12/h1-6,16H,7H2. The molecule has 88 valence electrons. The highest BCUT2D eigenvalue weighted by atomic mass is 19.1. The normalized spacial score (nSPS) is 10.3. The maximum atomic E-state index is 13.4. The Hall–Kier alpha value is -2.01. The van der Waals surface area contributed by atoms with E-state index in [2.05, 4.69) is 4.98 Å². The quantitative estimate of drug-likeness (QED) is 0.892. The third-order valence-corrected chi connectivity index (χ3v) is 2.07. The van der Waals surface area contributed by atoms with Crippen molar-refractivity contribution in [2.75, 3.05) is 0 Å². The molecule has 0 saturated carbocycles. The summed E-state index contributed by atoms with van der Waals surface area (Å²) >= 11 is 0. The average Bonchev–Trinajstić information content (AvgIpc) is 2.34. The summed E-state index contributed by atoms with van der Waals surface area (Å²) in [5.41, 5.74) is 0.356. The van der Waals surface area contributed by atoms with Crippen LogP contribution in [0.25, 0.3) is 0 Å². The van der Waals surface area contributed by atoms with Gasteiger partial charge in [-0.2, -0.15) is 0 Å². The van der Waals surface area contributed by atoms with Gasteiger partial charge in [-0.15, -0.1) is 0 Å². The first-order valence-corrected chi connectivity index (χ1v) is 4.88. The van der Waals surface area contributed by atoms with E-state index in [9.17, 15) is 8.78 Å². The molecule has 0 aliphatic carbocycles. The van der Waals surface area contributed by atoms with E-state index in [4.69, 9.17) is 9.84 Å². The average molecular weight is 237 g/mol. The molecule has 0 bridgehead atoms. The van der Waals surface area contributed by atoms with E-state index in [1.54, 1.807) is 0 Å². The van der Waals surface area contributed by atoms with E-state index in [-0.39, 0.29) is 18.2 Å². The van der Waals surface area contributed by atoms with Crippen molar-refractivity contribution in [3.63, 3.8) is 0 Å². The summed E-state index contributed by atoms with van der Waals surface area (Å²) in [7, 11) is 0. The Bertz CT molecular complexity index is 514. The molecule has 0 aliphatic rings. The maximum Gasteiger partial charge on any atom is 0.255 e. The number of aliphatic hydroxyl groups excluding tert-OH is 1. The van der Waals surface area contributed by atoms with E-state index in [1.807, 2.05) is 0 Å². The number of hydrogen-bond acceptors (Lipinski definition) is 3.